The maximum Gasteiger partial charge on any atom is 0.226 e. The van der Waals surface area contributed by atoms with E-state index in [1.54, 1.807) is 12.3 Å². The minimum absolute atomic E-state index is 0.402. The smallest absolute Gasteiger partial charge is 0.226 e. The second-order valence-electron chi connectivity index (χ2n) is 4.61. The summed E-state index contributed by atoms with van der Waals surface area (Å²) >= 11 is 6.14. The van der Waals surface area contributed by atoms with Gasteiger partial charge in [-0.25, -0.2) is 4.98 Å². The number of hydrogen-bond acceptors (Lipinski definition) is 4. The van der Waals surface area contributed by atoms with Crippen LogP contribution in [0.1, 0.15) is 19.4 Å². The largest absolute Gasteiger partial charge is 0.478 e. The van der Waals surface area contributed by atoms with E-state index in [0.717, 1.165) is 5.56 Å². The van der Waals surface area contributed by atoms with Crippen molar-refractivity contribution >= 4 is 17.5 Å². The number of aromatic nitrogens is 2. The van der Waals surface area contributed by atoms with Crippen molar-refractivity contribution in [1.29, 1.82) is 0 Å². The topological polar surface area (TPSA) is 47.0 Å². The van der Waals surface area contributed by atoms with Gasteiger partial charge in [-0.3, -0.25) is 0 Å². The average molecular weight is 292 g/mol. The Hall–Kier alpha value is -1.81. The molecule has 1 atom stereocenters. The molecule has 1 N–H and O–H groups in total. The molecule has 4 nitrogen and oxygen atoms in total. The van der Waals surface area contributed by atoms with E-state index in [9.17, 15) is 0 Å². The van der Waals surface area contributed by atoms with Gasteiger partial charge in [0.25, 0.3) is 0 Å². The molecule has 0 amide bonds. The van der Waals surface area contributed by atoms with E-state index in [-0.39, 0.29) is 0 Å². The van der Waals surface area contributed by atoms with Crippen LogP contribution in [0.3, 0.4) is 0 Å². The Labute approximate surface area is 124 Å². The molecule has 20 heavy (non-hydrogen) atoms. The van der Waals surface area contributed by atoms with Crippen LogP contribution in [0.15, 0.2) is 42.6 Å². The first-order valence-corrected chi connectivity index (χ1v) is 7.07. The van der Waals surface area contributed by atoms with Crippen molar-refractivity contribution in [3.8, 4) is 5.88 Å². The number of hydrogen-bond donors (Lipinski definition) is 1. The van der Waals surface area contributed by atoms with Crippen LogP contribution in [0.2, 0.25) is 0 Å². The summed E-state index contributed by atoms with van der Waals surface area (Å²) in [5, 5.41) is 3.29. The number of rotatable bonds is 6. The molecule has 2 rings (SSSR count). The van der Waals surface area contributed by atoms with Crippen molar-refractivity contribution in [2.45, 2.75) is 19.4 Å². The van der Waals surface area contributed by atoms with Crippen LogP contribution in [0.25, 0.3) is 0 Å². The lowest BCUT2D eigenvalue weighted by Crippen LogP contribution is -2.34. The maximum atomic E-state index is 6.14. The van der Waals surface area contributed by atoms with E-state index in [2.05, 4.69) is 15.3 Å². The lowest BCUT2D eigenvalue weighted by atomic mass is 9.94. The van der Waals surface area contributed by atoms with E-state index >= 15 is 0 Å². The van der Waals surface area contributed by atoms with E-state index < -0.39 is 5.54 Å². The van der Waals surface area contributed by atoms with Crippen LogP contribution in [-0.4, -0.2) is 22.5 Å². The molecule has 0 bridgehead atoms. The number of nitrogens with one attached hydrogen (secondary N) is 1. The first kappa shape index (κ1) is 14.6. The second-order valence-corrected chi connectivity index (χ2v) is 4.88. The van der Waals surface area contributed by atoms with Crippen molar-refractivity contribution in [2.75, 3.05) is 17.8 Å². The molecule has 0 fully saturated rings. The van der Waals surface area contributed by atoms with E-state index in [4.69, 9.17) is 16.3 Å². The van der Waals surface area contributed by atoms with Gasteiger partial charge in [0.2, 0.25) is 11.8 Å². The van der Waals surface area contributed by atoms with Crippen LogP contribution < -0.4 is 10.1 Å². The number of alkyl halides is 1. The summed E-state index contributed by atoms with van der Waals surface area (Å²) in [4.78, 5) is 8.54. The van der Waals surface area contributed by atoms with Gasteiger partial charge in [-0.1, -0.05) is 30.3 Å². The second kappa shape index (κ2) is 6.57. The molecule has 0 saturated carbocycles. The lowest BCUT2D eigenvalue weighted by molar-refractivity contribution is 0.326. The fourth-order valence-electron chi connectivity index (χ4n) is 1.87. The third-order valence-corrected chi connectivity index (χ3v) is 3.52. The summed E-state index contributed by atoms with van der Waals surface area (Å²) in [6.07, 6.45) is 1.67. The Morgan fingerprint density at radius 1 is 1.25 bits per heavy atom. The number of nitrogens with zero attached hydrogens (tertiary/aromatic N) is 2. The number of halogens is 1. The van der Waals surface area contributed by atoms with E-state index in [1.165, 1.54) is 0 Å². The summed E-state index contributed by atoms with van der Waals surface area (Å²) in [6.45, 7) is 4.51. The fraction of sp³-hybridized carbons (Fsp3) is 0.333. The van der Waals surface area contributed by atoms with Gasteiger partial charge < -0.3 is 10.1 Å². The van der Waals surface area contributed by atoms with Crippen molar-refractivity contribution in [2.24, 2.45) is 0 Å². The summed E-state index contributed by atoms with van der Waals surface area (Å²) in [6, 6.07) is 11.7. The van der Waals surface area contributed by atoms with Gasteiger partial charge in [0.1, 0.15) is 0 Å². The highest BCUT2D eigenvalue weighted by Gasteiger charge is 2.26. The highest BCUT2D eigenvalue weighted by molar-refractivity contribution is 6.18. The standard InChI is InChI=1S/C15H18ClN3O/c1-3-20-13-9-10-17-14(18-13)19-15(2,11-16)12-7-5-4-6-8-12/h4-10H,3,11H2,1-2H3,(H,17,18,19). The molecule has 1 aromatic carbocycles. The number of benzene rings is 1. The molecule has 0 radical (unpaired) electrons. The highest BCUT2D eigenvalue weighted by Crippen LogP contribution is 2.26. The van der Waals surface area contributed by atoms with Gasteiger partial charge in [0.05, 0.1) is 12.1 Å². The van der Waals surface area contributed by atoms with Crippen molar-refractivity contribution in [3.05, 3.63) is 48.2 Å². The van der Waals surface area contributed by atoms with Crippen LogP contribution in [0.5, 0.6) is 5.88 Å². The van der Waals surface area contributed by atoms with Gasteiger partial charge in [-0.15, -0.1) is 11.6 Å². The zero-order chi connectivity index (χ0) is 14.4. The van der Waals surface area contributed by atoms with Gasteiger partial charge in [-0.2, -0.15) is 4.98 Å². The minimum atomic E-state index is -0.437. The molecule has 2 aromatic rings. The van der Waals surface area contributed by atoms with Crippen LogP contribution in [-0.2, 0) is 5.54 Å². The van der Waals surface area contributed by atoms with Gasteiger partial charge in [-0.05, 0) is 19.4 Å². The lowest BCUT2D eigenvalue weighted by Gasteiger charge is -2.29. The molecule has 5 heteroatoms. The molecule has 0 aliphatic rings. The quantitative estimate of drug-likeness (QED) is 0.828. The Bertz CT molecular complexity index is 550. The molecule has 0 aliphatic carbocycles. The first-order chi connectivity index (χ1) is 9.68. The number of anilines is 1. The third kappa shape index (κ3) is 3.39. The monoisotopic (exact) mass is 291 g/mol. The number of ether oxygens (including phenoxy) is 1. The SMILES string of the molecule is CCOc1ccnc(NC(C)(CCl)c2ccccc2)n1. The molecule has 0 aliphatic heterocycles. The zero-order valence-corrected chi connectivity index (χ0v) is 12.4. The Morgan fingerprint density at radius 3 is 2.65 bits per heavy atom. The molecule has 1 aromatic heterocycles. The zero-order valence-electron chi connectivity index (χ0n) is 11.6. The maximum absolute atomic E-state index is 6.14. The fourth-order valence-corrected chi connectivity index (χ4v) is 2.09. The Kier molecular flexibility index (Phi) is 4.79. The molecule has 0 saturated heterocycles. The summed E-state index contributed by atoms with van der Waals surface area (Å²) < 4.78 is 5.38. The van der Waals surface area contributed by atoms with Crippen molar-refractivity contribution < 1.29 is 4.74 Å². The normalized spacial score (nSPS) is 13.6. The molecule has 1 unspecified atom stereocenters. The molecule has 0 spiro atoms. The van der Waals surface area contributed by atoms with E-state index in [0.29, 0.717) is 24.3 Å². The molecule has 1 heterocycles. The van der Waals surface area contributed by atoms with Crippen LogP contribution in [0, 0.1) is 0 Å². The Morgan fingerprint density at radius 2 is 2.00 bits per heavy atom. The predicted molar refractivity (Wildman–Crippen MR) is 81.3 cm³/mol. The molecular weight excluding hydrogens is 274 g/mol. The highest BCUT2D eigenvalue weighted by atomic mass is 35.5. The predicted octanol–water partition coefficient (Wildman–Crippen LogP) is 3.44. The summed E-state index contributed by atoms with van der Waals surface area (Å²) in [5.41, 5.74) is 0.647. The average Bonchev–Trinajstić information content (AvgIpc) is 2.49. The molecule has 106 valence electrons. The minimum Gasteiger partial charge on any atom is -0.478 e. The van der Waals surface area contributed by atoms with Crippen molar-refractivity contribution in [1.82, 2.24) is 9.97 Å². The third-order valence-electron chi connectivity index (χ3n) is 2.99. The Balaban J connectivity index is 2.24. The van der Waals surface area contributed by atoms with Crippen molar-refractivity contribution in [3.63, 3.8) is 0 Å². The summed E-state index contributed by atoms with van der Waals surface area (Å²) in [7, 11) is 0. The first-order valence-electron chi connectivity index (χ1n) is 6.53. The molecular formula is C15H18ClN3O. The van der Waals surface area contributed by atoms with Crippen LogP contribution >= 0.6 is 11.6 Å². The van der Waals surface area contributed by atoms with Gasteiger partial charge in [0, 0.05) is 18.1 Å². The van der Waals surface area contributed by atoms with Crippen LogP contribution in [0.4, 0.5) is 5.95 Å². The summed E-state index contributed by atoms with van der Waals surface area (Å²) in [5.74, 6) is 1.46. The van der Waals surface area contributed by atoms with Gasteiger partial charge >= 0.3 is 0 Å². The van der Waals surface area contributed by atoms with E-state index in [1.807, 2.05) is 44.2 Å². The van der Waals surface area contributed by atoms with Gasteiger partial charge in [0.15, 0.2) is 0 Å².